The van der Waals surface area contributed by atoms with Crippen LogP contribution in [0.2, 0.25) is 0 Å². The molecule has 0 bridgehead atoms. The molecule has 1 aromatic carbocycles. The van der Waals surface area contributed by atoms with E-state index in [1.165, 1.54) is 16.0 Å². The standard InChI is InChI=1S/C13H16N2S/c1-8-6-4-5-7-11(8)12-10(3)16-13(15-12)9(2)14/h4-7,9H,14H2,1-3H3. The molecule has 1 atom stereocenters. The van der Waals surface area contributed by atoms with Crippen LogP contribution in [-0.4, -0.2) is 4.98 Å². The Bertz CT molecular complexity index is 500. The van der Waals surface area contributed by atoms with Crippen molar-refractivity contribution in [3.8, 4) is 11.3 Å². The molecule has 3 heteroatoms. The maximum atomic E-state index is 5.86. The third-order valence-electron chi connectivity index (χ3n) is 2.60. The molecule has 1 aromatic heterocycles. The van der Waals surface area contributed by atoms with Gasteiger partial charge in [0.25, 0.3) is 0 Å². The molecule has 0 aliphatic carbocycles. The first kappa shape index (κ1) is 11.3. The van der Waals surface area contributed by atoms with Crippen LogP contribution in [0.5, 0.6) is 0 Å². The molecule has 0 aliphatic heterocycles. The molecule has 0 spiro atoms. The van der Waals surface area contributed by atoms with E-state index >= 15 is 0 Å². The Balaban J connectivity index is 2.52. The number of benzene rings is 1. The fourth-order valence-corrected chi connectivity index (χ4v) is 2.59. The van der Waals surface area contributed by atoms with Crippen molar-refractivity contribution in [2.75, 3.05) is 0 Å². The second-order valence-corrected chi connectivity index (χ2v) is 5.30. The van der Waals surface area contributed by atoms with Gasteiger partial charge in [0.15, 0.2) is 0 Å². The van der Waals surface area contributed by atoms with E-state index in [0.29, 0.717) is 0 Å². The summed E-state index contributed by atoms with van der Waals surface area (Å²) in [5, 5.41) is 1.01. The minimum absolute atomic E-state index is 0.0152. The normalized spacial score (nSPS) is 12.8. The Morgan fingerprint density at radius 1 is 1.25 bits per heavy atom. The van der Waals surface area contributed by atoms with Gasteiger partial charge >= 0.3 is 0 Å². The fourth-order valence-electron chi connectivity index (χ4n) is 1.70. The molecule has 0 radical (unpaired) electrons. The Kier molecular flexibility index (Phi) is 3.08. The number of aryl methyl sites for hydroxylation is 2. The first-order valence-corrected chi connectivity index (χ1v) is 6.20. The maximum absolute atomic E-state index is 5.86. The predicted octanol–water partition coefficient (Wildman–Crippen LogP) is 3.45. The number of nitrogens with zero attached hydrogens (tertiary/aromatic N) is 1. The van der Waals surface area contributed by atoms with Crippen molar-refractivity contribution in [2.45, 2.75) is 26.8 Å². The lowest BCUT2D eigenvalue weighted by Crippen LogP contribution is -2.03. The summed E-state index contributed by atoms with van der Waals surface area (Å²) in [7, 11) is 0. The molecule has 1 unspecified atom stereocenters. The van der Waals surface area contributed by atoms with Gasteiger partial charge in [0.05, 0.1) is 11.7 Å². The smallest absolute Gasteiger partial charge is 0.110 e. The molecule has 0 aliphatic rings. The highest BCUT2D eigenvalue weighted by molar-refractivity contribution is 7.12. The molecular weight excluding hydrogens is 216 g/mol. The van der Waals surface area contributed by atoms with Crippen LogP contribution in [0.1, 0.15) is 28.4 Å². The number of hydrogen-bond acceptors (Lipinski definition) is 3. The lowest BCUT2D eigenvalue weighted by atomic mass is 10.1. The van der Waals surface area contributed by atoms with Crippen molar-refractivity contribution >= 4 is 11.3 Å². The van der Waals surface area contributed by atoms with Gasteiger partial charge in [0.1, 0.15) is 5.01 Å². The van der Waals surface area contributed by atoms with Crippen LogP contribution >= 0.6 is 11.3 Å². The average Bonchev–Trinajstić information content (AvgIpc) is 2.61. The highest BCUT2D eigenvalue weighted by Gasteiger charge is 2.13. The number of aromatic nitrogens is 1. The lowest BCUT2D eigenvalue weighted by Gasteiger charge is -2.03. The number of rotatable bonds is 2. The summed E-state index contributed by atoms with van der Waals surface area (Å²) >= 11 is 1.69. The summed E-state index contributed by atoms with van der Waals surface area (Å²) in [5.41, 5.74) is 9.41. The first-order valence-electron chi connectivity index (χ1n) is 5.38. The summed E-state index contributed by atoms with van der Waals surface area (Å²) in [6, 6.07) is 8.34. The van der Waals surface area contributed by atoms with Gasteiger partial charge in [0, 0.05) is 10.4 Å². The topological polar surface area (TPSA) is 38.9 Å². The van der Waals surface area contributed by atoms with Crippen LogP contribution in [-0.2, 0) is 0 Å². The van der Waals surface area contributed by atoms with Crippen LogP contribution < -0.4 is 5.73 Å². The van der Waals surface area contributed by atoms with Gasteiger partial charge in [-0.2, -0.15) is 0 Å². The average molecular weight is 232 g/mol. The molecule has 0 fully saturated rings. The Labute approximate surface area is 100 Å². The van der Waals surface area contributed by atoms with E-state index in [-0.39, 0.29) is 6.04 Å². The molecule has 0 saturated heterocycles. The van der Waals surface area contributed by atoms with E-state index in [4.69, 9.17) is 5.73 Å². The number of thiazole rings is 1. The van der Waals surface area contributed by atoms with Gasteiger partial charge in [-0.15, -0.1) is 11.3 Å². The van der Waals surface area contributed by atoms with Crippen molar-refractivity contribution < 1.29 is 0 Å². The van der Waals surface area contributed by atoms with E-state index in [1.807, 2.05) is 19.1 Å². The first-order chi connectivity index (χ1) is 7.59. The second-order valence-electron chi connectivity index (χ2n) is 4.06. The van der Waals surface area contributed by atoms with Gasteiger partial charge in [0.2, 0.25) is 0 Å². The van der Waals surface area contributed by atoms with Crippen LogP contribution in [0.25, 0.3) is 11.3 Å². The molecule has 0 amide bonds. The summed E-state index contributed by atoms with van der Waals surface area (Å²) in [6.45, 7) is 6.19. The Morgan fingerprint density at radius 2 is 1.94 bits per heavy atom. The van der Waals surface area contributed by atoms with Gasteiger partial charge in [-0.25, -0.2) is 4.98 Å². The summed E-state index contributed by atoms with van der Waals surface area (Å²) in [6.07, 6.45) is 0. The molecule has 2 aromatic rings. The second kappa shape index (κ2) is 4.36. The SMILES string of the molecule is Cc1ccccc1-c1nc(C(C)N)sc1C. The quantitative estimate of drug-likeness (QED) is 0.861. The summed E-state index contributed by atoms with van der Waals surface area (Å²) in [5.74, 6) is 0. The van der Waals surface area contributed by atoms with Gasteiger partial charge in [-0.05, 0) is 26.3 Å². The van der Waals surface area contributed by atoms with E-state index in [9.17, 15) is 0 Å². The van der Waals surface area contributed by atoms with E-state index < -0.39 is 0 Å². The van der Waals surface area contributed by atoms with Crippen molar-refractivity contribution in [1.82, 2.24) is 4.98 Å². The van der Waals surface area contributed by atoms with Crippen molar-refractivity contribution in [3.05, 3.63) is 39.7 Å². The molecule has 0 saturated carbocycles. The summed E-state index contributed by atoms with van der Waals surface area (Å²) < 4.78 is 0. The van der Waals surface area contributed by atoms with Gasteiger partial charge < -0.3 is 5.73 Å². The number of hydrogen-bond donors (Lipinski definition) is 1. The van der Waals surface area contributed by atoms with Crippen molar-refractivity contribution in [2.24, 2.45) is 5.73 Å². The minimum Gasteiger partial charge on any atom is -0.322 e. The zero-order chi connectivity index (χ0) is 11.7. The van der Waals surface area contributed by atoms with Gasteiger partial charge in [-0.1, -0.05) is 24.3 Å². The highest BCUT2D eigenvalue weighted by atomic mass is 32.1. The van der Waals surface area contributed by atoms with Crippen LogP contribution in [0.15, 0.2) is 24.3 Å². The fraction of sp³-hybridized carbons (Fsp3) is 0.308. The molecule has 1 heterocycles. The number of nitrogens with two attached hydrogens (primary N) is 1. The highest BCUT2D eigenvalue weighted by Crippen LogP contribution is 2.31. The van der Waals surface area contributed by atoms with E-state index in [0.717, 1.165) is 10.7 Å². The van der Waals surface area contributed by atoms with Gasteiger partial charge in [-0.3, -0.25) is 0 Å². The largest absolute Gasteiger partial charge is 0.322 e. The minimum atomic E-state index is 0.0152. The molecule has 16 heavy (non-hydrogen) atoms. The van der Waals surface area contributed by atoms with Crippen molar-refractivity contribution in [3.63, 3.8) is 0 Å². The molecule has 2 rings (SSSR count). The monoisotopic (exact) mass is 232 g/mol. The van der Waals surface area contributed by atoms with Crippen molar-refractivity contribution in [1.29, 1.82) is 0 Å². The molecule has 84 valence electrons. The third kappa shape index (κ3) is 2.01. The van der Waals surface area contributed by atoms with Crippen LogP contribution in [0.4, 0.5) is 0 Å². The Morgan fingerprint density at radius 3 is 2.50 bits per heavy atom. The molecule has 2 nitrogen and oxygen atoms in total. The van der Waals surface area contributed by atoms with Crippen LogP contribution in [0.3, 0.4) is 0 Å². The maximum Gasteiger partial charge on any atom is 0.110 e. The Hall–Kier alpha value is -1.19. The third-order valence-corrected chi connectivity index (χ3v) is 3.77. The summed E-state index contributed by atoms with van der Waals surface area (Å²) in [4.78, 5) is 5.87. The van der Waals surface area contributed by atoms with Crippen LogP contribution in [0, 0.1) is 13.8 Å². The van der Waals surface area contributed by atoms with E-state index in [2.05, 4.69) is 31.0 Å². The lowest BCUT2D eigenvalue weighted by molar-refractivity contribution is 0.808. The zero-order valence-corrected chi connectivity index (χ0v) is 10.6. The zero-order valence-electron chi connectivity index (χ0n) is 9.82. The predicted molar refractivity (Wildman–Crippen MR) is 69.6 cm³/mol. The van der Waals surface area contributed by atoms with E-state index in [1.54, 1.807) is 11.3 Å². The molecular formula is C13H16N2S. The molecule has 2 N–H and O–H groups in total.